The SMILES string of the molecule is CO[Si](OC)(OC)c1ccc(OC(C)(C)C)c(OC(C)(C)C)c1. The van der Waals surface area contributed by atoms with E-state index in [0.29, 0.717) is 11.5 Å². The summed E-state index contributed by atoms with van der Waals surface area (Å²) in [5, 5.41) is 0.825. The zero-order chi connectivity index (χ0) is 17.9. The first-order valence-corrected chi connectivity index (χ1v) is 9.37. The molecule has 0 heterocycles. The van der Waals surface area contributed by atoms with Crippen molar-refractivity contribution in [3.8, 4) is 11.5 Å². The molecule has 0 bridgehead atoms. The Morgan fingerprint density at radius 3 is 1.52 bits per heavy atom. The molecule has 0 fully saturated rings. The van der Waals surface area contributed by atoms with E-state index < -0.39 is 8.80 Å². The minimum absolute atomic E-state index is 0.324. The molecule has 0 aliphatic heterocycles. The topological polar surface area (TPSA) is 46.2 Å². The van der Waals surface area contributed by atoms with Gasteiger partial charge in [-0.25, -0.2) is 0 Å². The Morgan fingerprint density at radius 2 is 1.13 bits per heavy atom. The van der Waals surface area contributed by atoms with Crippen LogP contribution in [0, 0.1) is 0 Å². The normalized spacial score (nSPS) is 13.1. The first-order chi connectivity index (χ1) is 10.5. The van der Waals surface area contributed by atoms with Gasteiger partial charge in [0.2, 0.25) is 0 Å². The summed E-state index contributed by atoms with van der Waals surface area (Å²) in [6.07, 6.45) is 0. The quantitative estimate of drug-likeness (QED) is 0.743. The summed E-state index contributed by atoms with van der Waals surface area (Å²) in [6, 6.07) is 5.66. The van der Waals surface area contributed by atoms with Crippen LogP contribution in [-0.4, -0.2) is 41.3 Å². The van der Waals surface area contributed by atoms with Crippen LogP contribution in [-0.2, 0) is 13.3 Å². The smallest absolute Gasteiger partial charge is 0.484 e. The van der Waals surface area contributed by atoms with Gasteiger partial charge in [-0.3, -0.25) is 0 Å². The summed E-state index contributed by atoms with van der Waals surface area (Å²) in [5.74, 6) is 1.33. The van der Waals surface area contributed by atoms with Crippen molar-refractivity contribution in [2.75, 3.05) is 21.3 Å². The van der Waals surface area contributed by atoms with Crippen molar-refractivity contribution in [1.82, 2.24) is 0 Å². The summed E-state index contributed by atoms with van der Waals surface area (Å²) in [7, 11) is 1.84. The molecule has 0 unspecified atom stereocenters. The van der Waals surface area contributed by atoms with Crippen LogP contribution in [0.5, 0.6) is 11.5 Å². The molecule has 1 rings (SSSR count). The Kier molecular flexibility index (Phi) is 6.26. The third-order valence-electron chi connectivity index (χ3n) is 2.94. The molecule has 0 atom stereocenters. The van der Waals surface area contributed by atoms with Crippen molar-refractivity contribution in [2.45, 2.75) is 52.7 Å². The first kappa shape index (κ1) is 20.0. The number of rotatable bonds is 6. The van der Waals surface area contributed by atoms with Gasteiger partial charge in [0.1, 0.15) is 11.2 Å². The maximum atomic E-state index is 6.08. The molecule has 0 radical (unpaired) electrons. The lowest BCUT2D eigenvalue weighted by Crippen LogP contribution is -2.54. The number of ether oxygens (including phenoxy) is 2. The Bertz CT molecular complexity index is 504. The van der Waals surface area contributed by atoms with E-state index in [4.69, 9.17) is 22.8 Å². The third-order valence-corrected chi connectivity index (χ3v) is 5.57. The Morgan fingerprint density at radius 1 is 0.696 bits per heavy atom. The van der Waals surface area contributed by atoms with Gasteiger partial charge in [-0.2, -0.15) is 0 Å². The average Bonchev–Trinajstić information content (AvgIpc) is 2.41. The van der Waals surface area contributed by atoms with E-state index in [1.165, 1.54) is 0 Å². The van der Waals surface area contributed by atoms with Crippen LogP contribution in [0.3, 0.4) is 0 Å². The molecular weight excluding hydrogens is 312 g/mol. The zero-order valence-corrected chi connectivity index (χ0v) is 16.8. The molecule has 0 saturated carbocycles. The number of hydrogen-bond acceptors (Lipinski definition) is 5. The van der Waals surface area contributed by atoms with Gasteiger partial charge in [0, 0.05) is 26.5 Å². The largest absolute Gasteiger partial charge is 0.536 e. The fourth-order valence-electron chi connectivity index (χ4n) is 2.13. The van der Waals surface area contributed by atoms with Gasteiger partial charge in [-0.1, -0.05) is 6.07 Å². The summed E-state index contributed by atoms with van der Waals surface area (Å²) >= 11 is 0. The highest BCUT2D eigenvalue weighted by molar-refractivity contribution is 6.75. The second-order valence-corrected chi connectivity index (χ2v) is 10.2. The van der Waals surface area contributed by atoms with Crippen LogP contribution in [0.2, 0.25) is 0 Å². The fraction of sp³-hybridized carbons (Fsp3) is 0.647. The second-order valence-electron chi connectivity index (χ2n) is 7.26. The van der Waals surface area contributed by atoms with Crippen molar-refractivity contribution >= 4 is 14.0 Å². The zero-order valence-electron chi connectivity index (χ0n) is 15.8. The predicted molar refractivity (Wildman–Crippen MR) is 93.6 cm³/mol. The van der Waals surface area contributed by atoms with Crippen LogP contribution < -0.4 is 14.7 Å². The highest BCUT2D eigenvalue weighted by Gasteiger charge is 2.41. The van der Waals surface area contributed by atoms with Gasteiger partial charge < -0.3 is 22.8 Å². The van der Waals surface area contributed by atoms with Gasteiger partial charge in [0.05, 0.1) is 0 Å². The molecule has 6 heteroatoms. The minimum Gasteiger partial charge on any atom is -0.484 e. The third kappa shape index (κ3) is 5.49. The second kappa shape index (κ2) is 7.21. The molecule has 23 heavy (non-hydrogen) atoms. The first-order valence-electron chi connectivity index (χ1n) is 7.64. The molecule has 5 nitrogen and oxygen atoms in total. The molecule has 0 amide bonds. The molecule has 1 aromatic rings. The fourth-order valence-corrected chi connectivity index (χ4v) is 3.93. The maximum absolute atomic E-state index is 6.08. The van der Waals surface area contributed by atoms with Crippen LogP contribution >= 0.6 is 0 Å². The van der Waals surface area contributed by atoms with Crippen LogP contribution in [0.1, 0.15) is 41.5 Å². The Balaban J connectivity index is 3.36. The molecule has 132 valence electrons. The lowest BCUT2D eigenvalue weighted by Gasteiger charge is -2.29. The molecule has 0 aliphatic rings. The van der Waals surface area contributed by atoms with Crippen LogP contribution in [0.15, 0.2) is 18.2 Å². The standard InChI is InChI=1S/C17H30O5Si/c1-16(2,3)21-14-11-10-13(23(18-7,19-8)20-9)12-15(14)22-17(4,5)6/h10-12H,1-9H3. The van der Waals surface area contributed by atoms with E-state index in [1.807, 2.05) is 59.7 Å². The van der Waals surface area contributed by atoms with Crippen molar-refractivity contribution in [3.05, 3.63) is 18.2 Å². The Labute approximate surface area is 141 Å². The van der Waals surface area contributed by atoms with Gasteiger partial charge >= 0.3 is 8.80 Å². The molecule has 0 saturated heterocycles. The van der Waals surface area contributed by atoms with Gasteiger partial charge in [-0.05, 0) is 53.7 Å². The van der Waals surface area contributed by atoms with E-state index in [2.05, 4.69) is 0 Å². The average molecular weight is 343 g/mol. The Hall–Kier alpha value is -1.08. The molecule has 0 N–H and O–H groups in total. The highest BCUT2D eigenvalue weighted by Crippen LogP contribution is 2.32. The van der Waals surface area contributed by atoms with E-state index in [1.54, 1.807) is 21.3 Å². The summed E-state index contributed by atoms with van der Waals surface area (Å²) in [6.45, 7) is 12.0. The monoisotopic (exact) mass is 342 g/mol. The summed E-state index contributed by atoms with van der Waals surface area (Å²) < 4.78 is 28.7. The lowest BCUT2D eigenvalue weighted by atomic mass is 10.1. The van der Waals surface area contributed by atoms with Crippen LogP contribution in [0.25, 0.3) is 0 Å². The number of hydrogen-bond donors (Lipinski definition) is 0. The van der Waals surface area contributed by atoms with E-state index >= 15 is 0 Å². The predicted octanol–water partition coefficient (Wildman–Crippen LogP) is 3.13. The van der Waals surface area contributed by atoms with Crippen molar-refractivity contribution in [2.24, 2.45) is 0 Å². The molecule has 0 aromatic heterocycles. The van der Waals surface area contributed by atoms with Crippen molar-refractivity contribution < 1.29 is 22.8 Å². The van der Waals surface area contributed by atoms with Gasteiger partial charge in [0.25, 0.3) is 0 Å². The molecular formula is C17H30O5Si. The van der Waals surface area contributed by atoms with Gasteiger partial charge in [0.15, 0.2) is 11.5 Å². The summed E-state index contributed by atoms with van der Waals surface area (Å²) in [4.78, 5) is 0. The molecule has 0 aliphatic carbocycles. The molecule has 1 aromatic carbocycles. The van der Waals surface area contributed by atoms with E-state index in [-0.39, 0.29) is 11.2 Å². The van der Waals surface area contributed by atoms with E-state index in [9.17, 15) is 0 Å². The van der Waals surface area contributed by atoms with Gasteiger partial charge in [-0.15, -0.1) is 0 Å². The highest BCUT2D eigenvalue weighted by atomic mass is 28.4. The minimum atomic E-state index is -2.92. The van der Waals surface area contributed by atoms with Crippen molar-refractivity contribution in [3.63, 3.8) is 0 Å². The van der Waals surface area contributed by atoms with E-state index in [0.717, 1.165) is 5.19 Å². The number of benzene rings is 1. The van der Waals surface area contributed by atoms with Crippen molar-refractivity contribution in [1.29, 1.82) is 0 Å². The van der Waals surface area contributed by atoms with Crippen LogP contribution in [0.4, 0.5) is 0 Å². The lowest BCUT2D eigenvalue weighted by molar-refractivity contribution is 0.0955. The maximum Gasteiger partial charge on any atom is 0.536 e. The summed E-state index contributed by atoms with van der Waals surface area (Å²) in [5.41, 5.74) is -0.679. The molecule has 0 spiro atoms.